The minimum absolute atomic E-state index is 0.210. The van der Waals surface area contributed by atoms with E-state index in [0.29, 0.717) is 18.1 Å². The SMILES string of the molecule is CCOC(=O)c1c(OCc2ccccc2)cc(C)nc1OC. The van der Waals surface area contributed by atoms with E-state index in [2.05, 4.69) is 4.98 Å². The molecule has 1 aromatic heterocycles. The van der Waals surface area contributed by atoms with Crippen LogP contribution in [0.1, 0.15) is 28.5 Å². The number of hydrogen-bond acceptors (Lipinski definition) is 5. The Morgan fingerprint density at radius 1 is 1.23 bits per heavy atom. The largest absolute Gasteiger partial charge is 0.488 e. The molecule has 0 aliphatic rings. The van der Waals surface area contributed by atoms with Crippen LogP contribution in [0.3, 0.4) is 0 Å². The zero-order chi connectivity index (χ0) is 15.9. The van der Waals surface area contributed by atoms with Crippen LogP contribution in [0.5, 0.6) is 11.6 Å². The quantitative estimate of drug-likeness (QED) is 0.767. The minimum Gasteiger partial charge on any atom is -0.488 e. The molecule has 2 aromatic rings. The molecule has 0 N–H and O–H groups in total. The van der Waals surface area contributed by atoms with Gasteiger partial charge in [-0.25, -0.2) is 9.78 Å². The fourth-order valence-corrected chi connectivity index (χ4v) is 2.00. The Balaban J connectivity index is 2.31. The number of esters is 1. The number of benzene rings is 1. The number of carbonyl (C=O) groups excluding carboxylic acids is 1. The Kier molecular flexibility index (Phi) is 5.36. The Labute approximate surface area is 129 Å². The van der Waals surface area contributed by atoms with Gasteiger partial charge in [0.15, 0.2) is 5.56 Å². The van der Waals surface area contributed by atoms with Gasteiger partial charge in [-0.05, 0) is 19.4 Å². The van der Waals surface area contributed by atoms with Crippen LogP contribution in [0.25, 0.3) is 0 Å². The topological polar surface area (TPSA) is 57.7 Å². The first kappa shape index (κ1) is 15.8. The van der Waals surface area contributed by atoms with Crippen LogP contribution in [0.2, 0.25) is 0 Å². The van der Waals surface area contributed by atoms with Crippen molar-refractivity contribution < 1.29 is 19.0 Å². The molecular weight excluding hydrogens is 282 g/mol. The van der Waals surface area contributed by atoms with Gasteiger partial charge in [0, 0.05) is 11.8 Å². The molecule has 0 unspecified atom stereocenters. The van der Waals surface area contributed by atoms with Gasteiger partial charge in [0.25, 0.3) is 0 Å². The van der Waals surface area contributed by atoms with Gasteiger partial charge in [-0.15, -0.1) is 0 Å². The third-order valence-corrected chi connectivity index (χ3v) is 2.99. The molecule has 22 heavy (non-hydrogen) atoms. The van der Waals surface area contributed by atoms with E-state index >= 15 is 0 Å². The number of hydrogen-bond donors (Lipinski definition) is 0. The van der Waals surface area contributed by atoms with E-state index in [4.69, 9.17) is 14.2 Å². The van der Waals surface area contributed by atoms with Gasteiger partial charge < -0.3 is 14.2 Å². The van der Waals surface area contributed by atoms with Crippen LogP contribution in [0.4, 0.5) is 0 Å². The van der Waals surface area contributed by atoms with Crippen LogP contribution < -0.4 is 9.47 Å². The number of ether oxygens (including phenoxy) is 3. The molecule has 0 bridgehead atoms. The van der Waals surface area contributed by atoms with Crippen molar-refractivity contribution in [2.75, 3.05) is 13.7 Å². The molecule has 0 aliphatic heterocycles. The molecule has 0 saturated carbocycles. The second-order valence-corrected chi connectivity index (χ2v) is 4.64. The molecule has 0 aliphatic carbocycles. The average molecular weight is 301 g/mol. The maximum atomic E-state index is 12.1. The maximum Gasteiger partial charge on any atom is 0.347 e. The summed E-state index contributed by atoms with van der Waals surface area (Å²) >= 11 is 0. The molecule has 0 fully saturated rings. The Hall–Kier alpha value is -2.56. The fraction of sp³-hybridized carbons (Fsp3) is 0.294. The molecule has 1 heterocycles. The van der Waals surface area contributed by atoms with Crippen molar-refractivity contribution in [3.63, 3.8) is 0 Å². The summed E-state index contributed by atoms with van der Waals surface area (Å²) in [5.41, 5.74) is 1.92. The van der Waals surface area contributed by atoms with Crippen molar-refractivity contribution >= 4 is 5.97 Å². The fourth-order valence-electron chi connectivity index (χ4n) is 2.00. The number of aromatic nitrogens is 1. The van der Waals surface area contributed by atoms with Gasteiger partial charge in [-0.3, -0.25) is 0 Å². The van der Waals surface area contributed by atoms with Crippen molar-refractivity contribution in [2.45, 2.75) is 20.5 Å². The molecule has 5 heteroatoms. The zero-order valence-electron chi connectivity index (χ0n) is 13.0. The van der Waals surface area contributed by atoms with Crippen LogP contribution in [-0.2, 0) is 11.3 Å². The molecule has 0 atom stereocenters. The number of methoxy groups -OCH3 is 1. The first-order chi connectivity index (χ1) is 10.7. The zero-order valence-corrected chi connectivity index (χ0v) is 13.0. The highest BCUT2D eigenvalue weighted by molar-refractivity contribution is 5.95. The van der Waals surface area contributed by atoms with Crippen molar-refractivity contribution in [1.29, 1.82) is 0 Å². The number of carbonyl (C=O) groups is 1. The molecule has 0 amide bonds. The van der Waals surface area contributed by atoms with Gasteiger partial charge in [-0.1, -0.05) is 30.3 Å². The highest BCUT2D eigenvalue weighted by Crippen LogP contribution is 2.29. The van der Waals surface area contributed by atoms with Crippen LogP contribution in [-0.4, -0.2) is 24.7 Å². The predicted molar refractivity (Wildman–Crippen MR) is 82.3 cm³/mol. The van der Waals surface area contributed by atoms with E-state index in [1.54, 1.807) is 13.0 Å². The molecular formula is C17H19NO4. The van der Waals surface area contributed by atoms with Crippen molar-refractivity contribution in [1.82, 2.24) is 4.98 Å². The lowest BCUT2D eigenvalue weighted by molar-refractivity contribution is 0.0516. The summed E-state index contributed by atoms with van der Waals surface area (Å²) in [4.78, 5) is 16.4. The number of rotatable bonds is 6. The second kappa shape index (κ2) is 7.45. The first-order valence-electron chi connectivity index (χ1n) is 7.05. The van der Waals surface area contributed by atoms with Crippen molar-refractivity contribution in [2.24, 2.45) is 0 Å². The highest BCUT2D eigenvalue weighted by Gasteiger charge is 2.22. The van der Waals surface area contributed by atoms with Gasteiger partial charge in [0.05, 0.1) is 13.7 Å². The lowest BCUT2D eigenvalue weighted by Crippen LogP contribution is -2.11. The minimum atomic E-state index is -0.505. The van der Waals surface area contributed by atoms with Crippen molar-refractivity contribution in [3.05, 3.63) is 53.2 Å². The summed E-state index contributed by atoms with van der Waals surface area (Å²) in [5.74, 6) is 0.114. The van der Waals surface area contributed by atoms with Gasteiger partial charge in [-0.2, -0.15) is 0 Å². The number of pyridine rings is 1. The predicted octanol–water partition coefficient (Wildman–Crippen LogP) is 3.15. The molecule has 116 valence electrons. The van der Waals surface area contributed by atoms with E-state index in [-0.39, 0.29) is 18.1 Å². The smallest absolute Gasteiger partial charge is 0.347 e. The van der Waals surface area contributed by atoms with Gasteiger partial charge in [0.1, 0.15) is 12.4 Å². The summed E-state index contributed by atoms with van der Waals surface area (Å²) in [5, 5.41) is 0. The lowest BCUT2D eigenvalue weighted by atomic mass is 10.2. The molecule has 0 radical (unpaired) electrons. The summed E-state index contributed by atoms with van der Waals surface area (Å²) in [6, 6.07) is 11.4. The van der Waals surface area contributed by atoms with E-state index in [9.17, 15) is 4.79 Å². The lowest BCUT2D eigenvalue weighted by Gasteiger charge is -2.14. The van der Waals surface area contributed by atoms with Crippen LogP contribution in [0, 0.1) is 6.92 Å². The molecule has 0 spiro atoms. The van der Waals surface area contributed by atoms with Gasteiger partial charge in [0.2, 0.25) is 5.88 Å². The first-order valence-corrected chi connectivity index (χ1v) is 7.05. The van der Waals surface area contributed by atoms with E-state index in [1.807, 2.05) is 37.3 Å². The molecule has 1 aromatic carbocycles. The standard InChI is InChI=1S/C17H19NO4/c1-4-21-17(19)15-14(10-12(2)18-16(15)20-3)22-11-13-8-6-5-7-9-13/h5-10H,4,11H2,1-3H3. The summed E-state index contributed by atoms with van der Waals surface area (Å²) in [6.07, 6.45) is 0. The highest BCUT2D eigenvalue weighted by atomic mass is 16.5. The summed E-state index contributed by atoms with van der Waals surface area (Å²) in [7, 11) is 1.46. The van der Waals surface area contributed by atoms with E-state index in [0.717, 1.165) is 5.56 Å². The number of nitrogens with zero attached hydrogens (tertiary/aromatic N) is 1. The third-order valence-electron chi connectivity index (χ3n) is 2.99. The normalized spacial score (nSPS) is 10.1. The Bertz CT molecular complexity index is 641. The van der Waals surface area contributed by atoms with Gasteiger partial charge >= 0.3 is 5.97 Å². The van der Waals surface area contributed by atoms with E-state index in [1.165, 1.54) is 7.11 Å². The molecule has 2 rings (SSSR count). The summed E-state index contributed by atoms with van der Waals surface area (Å²) < 4.78 is 16.1. The average Bonchev–Trinajstić information content (AvgIpc) is 2.53. The Morgan fingerprint density at radius 3 is 2.59 bits per heavy atom. The third kappa shape index (κ3) is 3.75. The molecule has 5 nitrogen and oxygen atoms in total. The maximum absolute atomic E-state index is 12.1. The monoisotopic (exact) mass is 301 g/mol. The van der Waals surface area contributed by atoms with Crippen LogP contribution >= 0.6 is 0 Å². The Morgan fingerprint density at radius 2 is 1.95 bits per heavy atom. The number of aryl methyl sites for hydroxylation is 1. The summed E-state index contributed by atoms with van der Waals surface area (Å²) in [6.45, 7) is 4.18. The van der Waals surface area contributed by atoms with Crippen molar-refractivity contribution in [3.8, 4) is 11.6 Å². The van der Waals surface area contributed by atoms with Crippen LogP contribution in [0.15, 0.2) is 36.4 Å². The molecule has 0 saturated heterocycles. The van der Waals surface area contributed by atoms with E-state index < -0.39 is 5.97 Å². The second-order valence-electron chi connectivity index (χ2n) is 4.64.